The van der Waals surface area contributed by atoms with Crippen LogP contribution in [0.4, 0.5) is 0 Å². The molecule has 5 rings (SSSR count). The van der Waals surface area contributed by atoms with Crippen molar-refractivity contribution in [2.24, 2.45) is 0 Å². The summed E-state index contributed by atoms with van der Waals surface area (Å²) in [5.41, 5.74) is 0.427. The molecule has 0 fully saturated rings. The molecule has 0 amide bonds. The fourth-order valence-electron chi connectivity index (χ4n) is 4.78. The number of thiophene rings is 5. The first-order chi connectivity index (χ1) is 21.1. The predicted molar refractivity (Wildman–Crippen MR) is 190 cm³/mol. The molecule has 0 bridgehead atoms. The summed E-state index contributed by atoms with van der Waals surface area (Å²) in [6, 6.07) is 16.7. The molecule has 5 aromatic heterocycles. The molecule has 228 valence electrons. The van der Waals surface area contributed by atoms with E-state index in [1.165, 1.54) is 21.1 Å². The molecule has 0 unspecified atom stereocenters. The quantitative estimate of drug-likeness (QED) is 0.0522. The minimum absolute atomic E-state index is 0.335. The van der Waals surface area contributed by atoms with E-state index in [-0.39, 0.29) is 0 Å². The van der Waals surface area contributed by atoms with Crippen molar-refractivity contribution in [2.75, 3.05) is 13.2 Å². The van der Waals surface area contributed by atoms with Gasteiger partial charge in [-0.1, -0.05) is 64.5 Å². The van der Waals surface area contributed by atoms with Crippen LogP contribution >= 0.6 is 64.3 Å². The predicted octanol–water partition coefficient (Wildman–Crippen LogP) is 12.5. The first-order valence-electron chi connectivity index (χ1n) is 14.9. The van der Waals surface area contributed by atoms with E-state index in [1.807, 2.05) is 12.1 Å². The van der Waals surface area contributed by atoms with Gasteiger partial charge in [0.2, 0.25) is 0 Å². The normalized spacial score (nSPS) is 11.9. The van der Waals surface area contributed by atoms with Crippen LogP contribution in [0, 0.1) is 0 Å². The van der Waals surface area contributed by atoms with Gasteiger partial charge in [0.1, 0.15) is 0 Å². The topological polar surface area (TPSA) is 52.6 Å². The molecule has 0 aliphatic rings. The lowest BCUT2D eigenvalue weighted by Gasteiger charge is -2.20. The van der Waals surface area contributed by atoms with Gasteiger partial charge < -0.3 is 9.05 Å². The zero-order valence-electron chi connectivity index (χ0n) is 24.5. The lowest BCUT2D eigenvalue weighted by Crippen LogP contribution is -2.16. The van der Waals surface area contributed by atoms with Crippen molar-refractivity contribution in [1.29, 1.82) is 0 Å². The molecule has 5 heterocycles. The first-order valence-corrected chi connectivity index (χ1v) is 20.6. The van der Waals surface area contributed by atoms with Crippen LogP contribution in [-0.4, -0.2) is 19.5 Å². The maximum absolute atomic E-state index is 14.9. The summed E-state index contributed by atoms with van der Waals surface area (Å²) in [5, 5.41) is 4.57. The first kappa shape index (κ1) is 32.7. The Morgan fingerprint density at radius 1 is 0.628 bits per heavy atom. The summed E-state index contributed by atoms with van der Waals surface area (Å²) >= 11 is 8.22. The molecule has 0 radical (unpaired) electrons. The van der Waals surface area contributed by atoms with Crippen molar-refractivity contribution < 1.29 is 18.4 Å². The number of carbonyl (C=O) groups excluding carboxylic acids is 1. The monoisotopic (exact) mass is 688 g/mol. The van der Waals surface area contributed by atoms with Crippen molar-refractivity contribution in [2.45, 2.75) is 65.2 Å². The highest BCUT2D eigenvalue weighted by Crippen LogP contribution is 2.56. The van der Waals surface area contributed by atoms with Gasteiger partial charge in [-0.25, -0.2) is 0 Å². The van der Waals surface area contributed by atoms with Gasteiger partial charge in [0, 0.05) is 34.8 Å². The average molecular weight is 689 g/mol. The van der Waals surface area contributed by atoms with Crippen molar-refractivity contribution in [1.82, 2.24) is 0 Å². The van der Waals surface area contributed by atoms with Crippen LogP contribution in [-0.2, 0) is 13.6 Å². The summed E-state index contributed by atoms with van der Waals surface area (Å²) < 4.78 is 27.5. The zero-order chi connectivity index (χ0) is 30.1. The second-order valence-corrected chi connectivity index (χ2v) is 17.3. The van der Waals surface area contributed by atoms with E-state index < -0.39 is 7.60 Å². The van der Waals surface area contributed by atoms with Gasteiger partial charge >= 0.3 is 7.60 Å². The molecular formula is C33H37O4PS5. The number of aldehydes is 1. The number of hydrogen-bond donors (Lipinski definition) is 0. The summed E-state index contributed by atoms with van der Waals surface area (Å²) in [7, 11) is -3.82. The van der Waals surface area contributed by atoms with Gasteiger partial charge in [0.25, 0.3) is 0 Å². The van der Waals surface area contributed by atoms with Crippen LogP contribution in [0.2, 0.25) is 0 Å². The van der Waals surface area contributed by atoms with E-state index >= 15 is 0 Å². The van der Waals surface area contributed by atoms with Crippen LogP contribution in [0.15, 0.2) is 59.3 Å². The van der Waals surface area contributed by atoms with Crippen LogP contribution in [0.1, 0.15) is 75.6 Å². The smallest absolute Gasteiger partial charge is 0.305 e. The molecular weight excluding hydrogens is 652 g/mol. The van der Waals surface area contributed by atoms with Crippen LogP contribution in [0.3, 0.4) is 0 Å². The Bertz CT molecular complexity index is 1590. The standard InChI is InChI=1S/C33H37O4PS5/c1-3-5-7-9-19-36-38(35,37-20-10-8-6-4-2)31-24(23-34)32(29-17-15-27(41-29)25-13-11-21-39-25)43-33(31)30-18-16-28(42-30)26-14-12-22-40-26/h11-18,21-23H,3-10,19-20H2,1-2H3. The maximum atomic E-state index is 14.9. The van der Waals surface area contributed by atoms with E-state index in [9.17, 15) is 9.36 Å². The Labute approximate surface area is 274 Å². The molecule has 0 N–H and O–H groups in total. The highest BCUT2D eigenvalue weighted by atomic mass is 32.1. The third-order valence-corrected chi connectivity index (χ3v) is 15.1. The number of rotatable bonds is 18. The minimum Gasteiger partial charge on any atom is -0.305 e. The molecule has 4 nitrogen and oxygen atoms in total. The molecule has 10 heteroatoms. The van der Waals surface area contributed by atoms with Crippen molar-refractivity contribution in [3.8, 4) is 39.0 Å². The van der Waals surface area contributed by atoms with E-state index in [0.717, 1.165) is 86.9 Å². The minimum atomic E-state index is -3.82. The summed E-state index contributed by atoms with van der Waals surface area (Å²) in [5.74, 6) is 0. The lowest BCUT2D eigenvalue weighted by atomic mass is 10.2. The van der Waals surface area contributed by atoms with E-state index in [2.05, 4.69) is 61.0 Å². The molecule has 0 atom stereocenters. The van der Waals surface area contributed by atoms with Gasteiger partial charge in [-0.2, -0.15) is 0 Å². The van der Waals surface area contributed by atoms with Gasteiger partial charge in [-0.3, -0.25) is 9.36 Å². The van der Waals surface area contributed by atoms with Gasteiger partial charge in [-0.15, -0.1) is 56.7 Å². The van der Waals surface area contributed by atoms with Gasteiger partial charge in [0.15, 0.2) is 6.29 Å². The zero-order valence-corrected chi connectivity index (χ0v) is 29.5. The molecule has 0 aliphatic carbocycles. The van der Waals surface area contributed by atoms with Gasteiger partial charge in [-0.05, 0) is 60.0 Å². The Kier molecular flexibility index (Phi) is 12.2. The second-order valence-electron chi connectivity index (χ2n) is 10.2. The van der Waals surface area contributed by atoms with E-state index in [1.54, 1.807) is 45.3 Å². The Morgan fingerprint density at radius 2 is 1.14 bits per heavy atom. The molecule has 0 aliphatic heterocycles. The number of unbranched alkanes of at least 4 members (excludes halogenated alkanes) is 6. The van der Waals surface area contributed by atoms with E-state index in [0.29, 0.717) is 24.1 Å². The third-order valence-electron chi connectivity index (χ3n) is 7.02. The SMILES string of the molecule is CCCCCCOP(=O)(OCCCCCC)c1c(-c2ccc(-c3cccs3)s2)sc(-c2ccc(-c3cccs3)s2)c1C=O. The largest absolute Gasteiger partial charge is 0.363 e. The molecule has 43 heavy (non-hydrogen) atoms. The fourth-order valence-corrected chi connectivity index (χ4v) is 12.4. The third kappa shape index (κ3) is 7.95. The highest BCUT2D eigenvalue weighted by molar-refractivity contribution is 7.63. The molecule has 0 aromatic carbocycles. The Balaban J connectivity index is 1.59. The molecule has 0 spiro atoms. The summed E-state index contributed by atoms with van der Waals surface area (Å²) in [6.45, 7) is 5.00. The van der Waals surface area contributed by atoms with Crippen LogP contribution in [0.25, 0.3) is 39.0 Å². The lowest BCUT2D eigenvalue weighted by molar-refractivity contribution is 0.112. The highest BCUT2D eigenvalue weighted by Gasteiger charge is 2.38. The molecule has 0 saturated heterocycles. The Hall–Kier alpha value is -1.68. The second kappa shape index (κ2) is 16.1. The van der Waals surface area contributed by atoms with Crippen molar-refractivity contribution in [3.05, 3.63) is 64.9 Å². The van der Waals surface area contributed by atoms with Crippen molar-refractivity contribution >= 4 is 75.9 Å². The fraction of sp³-hybridized carbons (Fsp3) is 0.364. The van der Waals surface area contributed by atoms with Crippen molar-refractivity contribution in [3.63, 3.8) is 0 Å². The maximum Gasteiger partial charge on any atom is 0.363 e. The van der Waals surface area contributed by atoms with E-state index in [4.69, 9.17) is 9.05 Å². The molecule has 0 saturated carbocycles. The average Bonchev–Trinajstić information content (AvgIpc) is 3.85. The Morgan fingerprint density at radius 3 is 1.60 bits per heavy atom. The summed E-state index contributed by atoms with van der Waals surface area (Å²) in [6.07, 6.45) is 8.89. The number of carbonyl (C=O) groups is 1. The van der Waals surface area contributed by atoms with Crippen LogP contribution < -0.4 is 5.30 Å². The molecule has 5 aromatic rings. The summed E-state index contributed by atoms with van der Waals surface area (Å²) in [4.78, 5) is 21.2. The number of hydrogen-bond acceptors (Lipinski definition) is 9. The van der Waals surface area contributed by atoms with Crippen LogP contribution in [0.5, 0.6) is 0 Å². The van der Waals surface area contributed by atoms with Gasteiger partial charge in [0.05, 0.1) is 28.3 Å².